The van der Waals surface area contributed by atoms with Gasteiger partial charge in [-0.25, -0.2) is 4.79 Å². The van der Waals surface area contributed by atoms with Gasteiger partial charge in [0.15, 0.2) is 0 Å². The molecule has 3 nitrogen and oxygen atoms in total. The highest BCUT2D eigenvalue weighted by Crippen LogP contribution is 2.50. The van der Waals surface area contributed by atoms with Gasteiger partial charge in [0, 0.05) is 5.41 Å². The van der Waals surface area contributed by atoms with Crippen LogP contribution in [0.15, 0.2) is 0 Å². The number of carbonyl (C=O) groups excluding carboxylic acids is 1. The molecule has 0 saturated carbocycles. The summed E-state index contributed by atoms with van der Waals surface area (Å²) < 4.78 is 5.27. The highest BCUT2D eigenvalue weighted by atomic mass is 16.6. The van der Waals surface area contributed by atoms with E-state index in [1.165, 1.54) is 0 Å². The first-order chi connectivity index (χ1) is 6.98. The molecule has 0 aromatic heterocycles. The summed E-state index contributed by atoms with van der Waals surface area (Å²) >= 11 is 0. The zero-order chi connectivity index (χ0) is 13.2. The van der Waals surface area contributed by atoms with Gasteiger partial charge in [0.1, 0.15) is 5.60 Å². The van der Waals surface area contributed by atoms with E-state index in [4.69, 9.17) is 10.5 Å². The Morgan fingerprint density at radius 3 is 1.88 bits per heavy atom. The van der Waals surface area contributed by atoms with E-state index in [0.29, 0.717) is 0 Å². The molecule has 0 bridgehead atoms. The number of ether oxygens (including phenoxy) is 1. The minimum atomic E-state index is -0.703. The van der Waals surface area contributed by atoms with Gasteiger partial charge < -0.3 is 10.5 Å². The lowest BCUT2D eigenvalue weighted by molar-refractivity contribution is -0.106. The van der Waals surface area contributed by atoms with E-state index in [2.05, 4.69) is 34.6 Å². The Morgan fingerprint density at radius 1 is 1.12 bits per heavy atom. The third-order valence-corrected chi connectivity index (χ3v) is 4.43. The molecule has 0 atom stereocenters. The lowest BCUT2D eigenvalue weighted by Crippen LogP contribution is -2.52. The van der Waals surface area contributed by atoms with Crippen molar-refractivity contribution in [2.24, 2.45) is 16.6 Å². The predicted octanol–water partition coefficient (Wildman–Crippen LogP) is 3.71. The number of carbonyl (C=O) groups is 1. The fraction of sp³-hybridized carbons (Fsp3) is 0.923. The topological polar surface area (TPSA) is 52.3 Å². The maximum Gasteiger partial charge on any atom is 0.405 e. The van der Waals surface area contributed by atoms with Gasteiger partial charge in [0.05, 0.1) is 0 Å². The average molecular weight is 229 g/mol. The number of rotatable bonds is 5. The van der Waals surface area contributed by atoms with Crippen molar-refractivity contribution in [3.63, 3.8) is 0 Å². The molecule has 3 heteroatoms. The Labute approximate surface area is 99.7 Å². The molecule has 0 spiro atoms. The summed E-state index contributed by atoms with van der Waals surface area (Å²) in [5.41, 5.74) is 4.50. The predicted molar refractivity (Wildman–Crippen MR) is 67.2 cm³/mol. The molecule has 0 fully saturated rings. The average Bonchev–Trinajstić information content (AvgIpc) is 2.00. The van der Waals surface area contributed by atoms with E-state index >= 15 is 0 Å². The molecule has 0 radical (unpaired) electrons. The van der Waals surface area contributed by atoms with Gasteiger partial charge in [0.25, 0.3) is 0 Å². The third-order valence-electron chi connectivity index (χ3n) is 4.43. The minimum Gasteiger partial charge on any atom is -0.443 e. The number of hydrogen-bond donors (Lipinski definition) is 1. The van der Waals surface area contributed by atoms with Crippen molar-refractivity contribution in [3.8, 4) is 0 Å². The highest BCUT2D eigenvalue weighted by Gasteiger charge is 2.49. The Morgan fingerprint density at radius 2 is 1.56 bits per heavy atom. The Kier molecular flexibility index (Phi) is 4.43. The molecular weight excluding hydrogens is 202 g/mol. The van der Waals surface area contributed by atoms with Crippen molar-refractivity contribution >= 4 is 6.09 Å². The molecular formula is C13H27NO2. The first-order valence-electron chi connectivity index (χ1n) is 5.96. The van der Waals surface area contributed by atoms with Crippen LogP contribution in [0.25, 0.3) is 0 Å². The quantitative estimate of drug-likeness (QED) is 0.781. The lowest BCUT2D eigenvalue weighted by Gasteiger charge is -2.51. The van der Waals surface area contributed by atoms with Crippen LogP contribution in [0.5, 0.6) is 0 Å². The van der Waals surface area contributed by atoms with Crippen LogP contribution in [0, 0.1) is 10.8 Å². The molecule has 0 rings (SSSR count). The monoisotopic (exact) mass is 229 g/mol. The van der Waals surface area contributed by atoms with E-state index in [1.54, 1.807) is 0 Å². The smallest absolute Gasteiger partial charge is 0.405 e. The molecule has 0 aromatic carbocycles. The largest absolute Gasteiger partial charge is 0.443 e. The van der Waals surface area contributed by atoms with E-state index in [-0.39, 0.29) is 10.8 Å². The summed E-state index contributed by atoms with van der Waals surface area (Å²) in [6.07, 6.45) is 1.50. The maximum atomic E-state index is 10.9. The van der Waals surface area contributed by atoms with Crippen LogP contribution in [0.2, 0.25) is 0 Å². The second kappa shape index (κ2) is 4.64. The fourth-order valence-electron chi connectivity index (χ4n) is 2.13. The van der Waals surface area contributed by atoms with Gasteiger partial charge in [-0.15, -0.1) is 0 Å². The Balaban J connectivity index is 5.08. The first kappa shape index (κ1) is 15.3. The normalized spacial score (nSPS) is 13.7. The third kappa shape index (κ3) is 2.89. The van der Waals surface area contributed by atoms with Crippen molar-refractivity contribution in [2.45, 2.75) is 66.9 Å². The van der Waals surface area contributed by atoms with Gasteiger partial charge in [-0.1, -0.05) is 41.0 Å². The summed E-state index contributed by atoms with van der Waals surface area (Å²) in [6.45, 7) is 14.7. The number of primary amides is 1. The second-order valence-corrected chi connectivity index (χ2v) is 6.19. The van der Waals surface area contributed by atoms with E-state index < -0.39 is 11.7 Å². The van der Waals surface area contributed by atoms with E-state index in [9.17, 15) is 4.79 Å². The van der Waals surface area contributed by atoms with Crippen LogP contribution in [-0.4, -0.2) is 11.7 Å². The van der Waals surface area contributed by atoms with Crippen LogP contribution in [-0.2, 0) is 4.74 Å². The van der Waals surface area contributed by atoms with Crippen LogP contribution in [0.4, 0.5) is 4.79 Å². The number of amides is 1. The molecule has 0 aromatic rings. The highest BCUT2D eigenvalue weighted by molar-refractivity contribution is 5.65. The molecule has 0 unspecified atom stereocenters. The van der Waals surface area contributed by atoms with Crippen molar-refractivity contribution in [3.05, 3.63) is 0 Å². The van der Waals surface area contributed by atoms with Gasteiger partial charge in [0.2, 0.25) is 0 Å². The molecule has 0 saturated heterocycles. The number of nitrogens with two attached hydrogens (primary N) is 1. The van der Waals surface area contributed by atoms with Crippen LogP contribution in [0.1, 0.15) is 61.3 Å². The number of hydrogen-bond acceptors (Lipinski definition) is 2. The zero-order valence-electron chi connectivity index (χ0n) is 11.8. The van der Waals surface area contributed by atoms with Crippen LogP contribution >= 0.6 is 0 Å². The second-order valence-electron chi connectivity index (χ2n) is 6.19. The van der Waals surface area contributed by atoms with Crippen LogP contribution in [0.3, 0.4) is 0 Å². The van der Waals surface area contributed by atoms with Crippen molar-refractivity contribution in [1.82, 2.24) is 0 Å². The van der Waals surface area contributed by atoms with E-state index in [1.807, 2.05) is 13.8 Å². The fourth-order valence-corrected chi connectivity index (χ4v) is 2.13. The molecule has 0 aliphatic carbocycles. The van der Waals surface area contributed by atoms with Crippen molar-refractivity contribution < 1.29 is 9.53 Å². The van der Waals surface area contributed by atoms with E-state index in [0.717, 1.165) is 12.8 Å². The molecule has 1 amide bonds. The lowest BCUT2D eigenvalue weighted by atomic mass is 9.58. The van der Waals surface area contributed by atoms with Gasteiger partial charge in [-0.2, -0.15) is 0 Å². The van der Waals surface area contributed by atoms with Gasteiger partial charge >= 0.3 is 6.09 Å². The molecule has 96 valence electrons. The van der Waals surface area contributed by atoms with Crippen molar-refractivity contribution in [1.29, 1.82) is 0 Å². The zero-order valence-corrected chi connectivity index (χ0v) is 11.8. The summed E-state index contributed by atoms with van der Waals surface area (Å²) in [5, 5.41) is 0. The summed E-state index contributed by atoms with van der Waals surface area (Å²) in [4.78, 5) is 10.9. The van der Waals surface area contributed by atoms with Gasteiger partial charge in [-0.3, -0.25) is 0 Å². The maximum absolute atomic E-state index is 10.9. The van der Waals surface area contributed by atoms with Crippen molar-refractivity contribution in [2.75, 3.05) is 0 Å². The summed E-state index contributed by atoms with van der Waals surface area (Å²) in [7, 11) is 0. The summed E-state index contributed by atoms with van der Waals surface area (Å²) in [5.74, 6) is 0. The molecule has 0 aliphatic rings. The SMILES string of the molecule is CCCC(C)(C)C(C)(C)C(C)(C)OC(N)=O. The Hall–Kier alpha value is -0.730. The first-order valence-corrected chi connectivity index (χ1v) is 5.96. The molecule has 0 heterocycles. The molecule has 2 N–H and O–H groups in total. The Bertz CT molecular complexity index is 255. The summed E-state index contributed by atoms with van der Waals surface area (Å²) in [6, 6.07) is 0. The van der Waals surface area contributed by atoms with Crippen LogP contribution < -0.4 is 5.73 Å². The molecule has 0 aliphatic heterocycles. The minimum absolute atomic E-state index is 0.0840. The standard InChI is InChI=1S/C13H27NO2/c1-8-9-11(2,3)12(4,5)13(6,7)16-10(14)15/h8-9H2,1-7H3,(H2,14,15). The molecule has 16 heavy (non-hydrogen) atoms. The van der Waals surface area contributed by atoms with Gasteiger partial charge in [-0.05, 0) is 25.7 Å².